The van der Waals surface area contributed by atoms with Crippen molar-refractivity contribution in [3.05, 3.63) is 59.8 Å². The van der Waals surface area contributed by atoms with Crippen molar-refractivity contribution in [2.24, 2.45) is 0 Å². The van der Waals surface area contributed by atoms with E-state index in [4.69, 9.17) is 4.74 Å². The summed E-state index contributed by atoms with van der Waals surface area (Å²) in [6.45, 7) is 8.22. The first kappa shape index (κ1) is 22.8. The lowest BCUT2D eigenvalue weighted by Crippen LogP contribution is -2.19. The monoisotopic (exact) mass is 467 g/mol. The van der Waals surface area contributed by atoms with Gasteiger partial charge < -0.3 is 15.0 Å². The molecule has 0 atom stereocenters. The number of hydrogen-bond donors (Lipinski definition) is 2. The molecular formula is C24H29N5O3S. The second-order valence-corrected chi connectivity index (χ2v) is 9.74. The van der Waals surface area contributed by atoms with Gasteiger partial charge in [-0.3, -0.25) is 4.72 Å². The highest BCUT2D eigenvalue weighted by molar-refractivity contribution is 7.92. The third-order valence-corrected chi connectivity index (χ3v) is 6.80. The molecule has 3 aromatic rings. The van der Waals surface area contributed by atoms with Crippen LogP contribution in [0.4, 0.5) is 23.1 Å². The molecule has 0 aliphatic carbocycles. The molecule has 2 heterocycles. The van der Waals surface area contributed by atoms with Gasteiger partial charge in [0.05, 0.1) is 11.5 Å². The molecule has 0 spiro atoms. The molecule has 8 nitrogen and oxygen atoms in total. The molecule has 2 N–H and O–H groups in total. The van der Waals surface area contributed by atoms with Crippen LogP contribution in [-0.2, 0) is 10.0 Å². The second kappa shape index (κ2) is 9.66. The van der Waals surface area contributed by atoms with E-state index in [9.17, 15) is 8.42 Å². The molecule has 1 fully saturated rings. The van der Waals surface area contributed by atoms with E-state index in [0.717, 1.165) is 35.9 Å². The first-order valence-corrected chi connectivity index (χ1v) is 12.6. The van der Waals surface area contributed by atoms with Gasteiger partial charge in [0.15, 0.2) is 0 Å². The number of benzene rings is 2. The van der Waals surface area contributed by atoms with Gasteiger partial charge in [0, 0.05) is 36.2 Å². The third kappa shape index (κ3) is 5.54. The lowest BCUT2D eigenvalue weighted by molar-refractivity contribution is 0.337. The van der Waals surface area contributed by atoms with Crippen molar-refractivity contribution in [3.8, 4) is 5.75 Å². The minimum absolute atomic E-state index is 0.188. The predicted octanol–water partition coefficient (Wildman–Crippen LogP) is 4.64. The van der Waals surface area contributed by atoms with Crippen LogP contribution >= 0.6 is 0 Å². The van der Waals surface area contributed by atoms with E-state index < -0.39 is 10.0 Å². The van der Waals surface area contributed by atoms with Gasteiger partial charge in [-0.1, -0.05) is 0 Å². The van der Waals surface area contributed by atoms with Crippen LogP contribution < -0.4 is 19.7 Å². The van der Waals surface area contributed by atoms with Crippen molar-refractivity contribution >= 4 is 33.2 Å². The van der Waals surface area contributed by atoms with Crippen molar-refractivity contribution in [3.63, 3.8) is 0 Å². The van der Waals surface area contributed by atoms with Crippen LogP contribution in [0.5, 0.6) is 5.75 Å². The van der Waals surface area contributed by atoms with Gasteiger partial charge in [-0.2, -0.15) is 4.98 Å². The lowest BCUT2D eigenvalue weighted by atomic mass is 10.2. The molecular weight excluding hydrogens is 438 g/mol. The van der Waals surface area contributed by atoms with Crippen molar-refractivity contribution < 1.29 is 13.2 Å². The molecule has 1 aromatic heterocycles. The van der Waals surface area contributed by atoms with Crippen LogP contribution in [0.15, 0.2) is 53.4 Å². The number of aryl methyl sites for hydroxylation is 2. The summed E-state index contributed by atoms with van der Waals surface area (Å²) in [5.41, 5.74) is 2.90. The molecule has 0 radical (unpaired) electrons. The maximum atomic E-state index is 12.8. The molecule has 1 saturated heterocycles. The first-order valence-electron chi connectivity index (χ1n) is 11.1. The van der Waals surface area contributed by atoms with Crippen LogP contribution in [-0.4, -0.2) is 38.1 Å². The van der Waals surface area contributed by atoms with Gasteiger partial charge in [-0.15, -0.1) is 0 Å². The third-order valence-electron chi connectivity index (χ3n) is 5.42. The van der Waals surface area contributed by atoms with Crippen LogP contribution in [0.2, 0.25) is 0 Å². The minimum atomic E-state index is -3.72. The Balaban J connectivity index is 1.46. The average Bonchev–Trinajstić information content (AvgIpc) is 3.31. The van der Waals surface area contributed by atoms with Crippen molar-refractivity contribution in [2.75, 3.05) is 34.6 Å². The number of nitrogens with zero attached hydrogens (tertiary/aromatic N) is 3. The molecule has 4 rings (SSSR count). The standard InChI is InChI=1S/C24H29N5O3S/c1-4-32-22-12-11-21(15-17(22)2)33(30,31)28-20-9-7-19(8-10-20)26-24-25-18(3)16-23(27-24)29-13-5-6-14-29/h7-12,15-16,28H,4-6,13-14H2,1-3H3,(H,25,26,27). The molecule has 33 heavy (non-hydrogen) atoms. The fourth-order valence-corrected chi connectivity index (χ4v) is 4.93. The van der Waals surface area contributed by atoms with E-state index in [0.29, 0.717) is 24.0 Å². The molecule has 0 saturated carbocycles. The molecule has 0 unspecified atom stereocenters. The maximum absolute atomic E-state index is 12.8. The number of hydrogen-bond acceptors (Lipinski definition) is 7. The number of ether oxygens (including phenoxy) is 1. The normalized spacial score (nSPS) is 13.7. The van der Waals surface area contributed by atoms with E-state index in [2.05, 4.69) is 24.9 Å². The Kier molecular flexibility index (Phi) is 6.69. The van der Waals surface area contributed by atoms with E-state index >= 15 is 0 Å². The van der Waals surface area contributed by atoms with Gasteiger partial charge in [-0.05, 0) is 81.6 Å². The molecule has 9 heteroatoms. The summed E-state index contributed by atoms with van der Waals surface area (Å²) in [5.74, 6) is 2.13. The smallest absolute Gasteiger partial charge is 0.261 e. The molecule has 1 aliphatic rings. The van der Waals surface area contributed by atoms with Crippen molar-refractivity contribution in [1.29, 1.82) is 0 Å². The number of nitrogens with one attached hydrogen (secondary N) is 2. The zero-order chi connectivity index (χ0) is 23.4. The summed E-state index contributed by atoms with van der Waals surface area (Å²) in [7, 11) is -3.72. The zero-order valence-electron chi connectivity index (χ0n) is 19.1. The Bertz CT molecular complexity index is 1220. The van der Waals surface area contributed by atoms with E-state index in [1.54, 1.807) is 42.5 Å². The minimum Gasteiger partial charge on any atom is -0.494 e. The van der Waals surface area contributed by atoms with Gasteiger partial charge in [0.2, 0.25) is 5.95 Å². The highest BCUT2D eigenvalue weighted by atomic mass is 32.2. The van der Waals surface area contributed by atoms with Gasteiger partial charge >= 0.3 is 0 Å². The lowest BCUT2D eigenvalue weighted by Gasteiger charge is -2.17. The van der Waals surface area contributed by atoms with E-state index in [1.165, 1.54) is 12.8 Å². The Hall–Kier alpha value is -3.33. The molecule has 1 aliphatic heterocycles. The van der Waals surface area contributed by atoms with Crippen LogP contribution in [0.1, 0.15) is 31.0 Å². The topological polar surface area (TPSA) is 96.5 Å². The number of aromatic nitrogens is 2. The van der Waals surface area contributed by atoms with Crippen molar-refractivity contribution in [1.82, 2.24) is 9.97 Å². The number of anilines is 4. The summed E-state index contributed by atoms with van der Waals surface area (Å²) in [6, 6.07) is 13.8. The SMILES string of the molecule is CCOc1ccc(S(=O)(=O)Nc2ccc(Nc3nc(C)cc(N4CCCC4)n3)cc2)cc1C. The maximum Gasteiger partial charge on any atom is 0.261 e. The van der Waals surface area contributed by atoms with Gasteiger partial charge in [0.25, 0.3) is 10.0 Å². The van der Waals surface area contributed by atoms with Gasteiger partial charge in [0.1, 0.15) is 11.6 Å². The fraction of sp³-hybridized carbons (Fsp3) is 0.333. The first-order chi connectivity index (χ1) is 15.8. The molecule has 174 valence electrons. The van der Waals surface area contributed by atoms with E-state index in [-0.39, 0.29) is 4.90 Å². The predicted molar refractivity (Wildman–Crippen MR) is 131 cm³/mol. The Labute approximate surface area is 195 Å². The quantitative estimate of drug-likeness (QED) is 0.498. The second-order valence-electron chi connectivity index (χ2n) is 8.05. The molecule has 0 amide bonds. The van der Waals surface area contributed by atoms with Crippen LogP contribution in [0, 0.1) is 13.8 Å². The average molecular weight is 468 g/mol. The summed E-state index contributed by atoms with van der Waals surface area (Å²) in [6.07, 6.45) is 2.36. The van der Waals surface area contributed by atoms with Gasteiger partial charge in [-0.25, -0.2) is 13.4 Å². The van der Waals surface area contributed by atoms with Crippen LogP contribution in [0.3, 0.4) is 0 Å². The summed E-state index contributed by atoms with van der Waals surface area (Å²) >= 11 is 0. The molecule has 2 aromatic carbocycles. The summed E-state index contributed by atoms with van der Waals surface area (Å²) in [4.78, 5) is 11.6. The highest BCUT2D eigenvalue weighted by Crippen LogP contribution is 2.25. The zero-order valence-corrected chi connectivity index (χ0v) is 19.9. The largest absolute Gasteiger partial charge is 0.494 e. The highest BCUT2D eigenvalue weighted by Gasteiger charge is 2.17. The Morgan fingerprint density at radius 3 is 2.33 bits per heavy atom. The Morgan fingerprint density at radius 2 is 1.67 bits per heavy atom. The van der Waals surface area contributed by atoms with Crippen molar-refractivity contribution in [2.45, 2.75) is 38.5 Å². The molecule has 0 bridgehead atoms. The van der Waals surface area contributed by atoms with Crippen LogP contribution in [0.25, 0.3) is 0 Å². The summed E-state index contributed by atoms with van der Waals surface area (Å²) < 4.78 is 33.7. The number of rotatable bonds is 8. The van der Waals surface area contributed by atoms with E-state index in [1.807, 2.05) is 26.8 Å². The Morgan fingerprint density at radius 1 is 0.970 bits per heavy atom. The fourth-order valence-electron chi connectivity index (χ4n) is 3.79. The number of sulfonamides is 1. The summed E-state index contributed by atoms with van der Waals surface area (Å²) in [5, 5.41) is 3.22.